The monoisotopic (exact) mass is 839 g/mol. The fraction of sp³-hybridized carbons (Fsp3) is 0.762. The predicted octanol–water partition coefficient (Wildman–Crippen LogP) is 8.12. The smallest absolute Gasteiger partial charge is 0.244 e. The SMILES string of the molecule is C[C@@H](C(=O)N(CCO[Si](C)(C)C(C)(C)C)c1cnc2c(c1)nc(-c1nn(COCC[Si](C)(C)C)c3c1C[C@@H]1C[C@]1(C)C3)n2COCC[Si](C)(C)C)N1CCOCC1. The van der Waals surface area contributed by atoms with E-state index in [-0.39, 0.29) is 17.0 Å². The Bertz CT molecular complexity index is 1870. The number of morpholine rings is 1. The molecule has 4 heterocycles. The molecule has 0 aromatic carbocycles. The quantitative estimate of drug-likeness (QED) is 0.0928. The summed E-state index contributed by atoms with van der Waals surface area (Å²) >= 11 is 0. The van der Waals surface area contributed by atoms with Crippen LogP contribution in [0.2, 0.25) is 69.5 Å². The minimum Gasteiger partial charge on any atom is -0.415 e. The summed E-state index contributed by atoms with van der Waals surface area (Å²) in [6.07, 6.45) is 5.07. The van der Waals surface area contributed by atoms with Crippen LogP contribution in [0.3, 0.4) is 0 Å². The van der Waals surface area contributed by atoms with Gasteiger partial charge in [0.2, 0.25) is 5.91 Å². The van der Waals surface area contributed by atoms with E-state index >= 15 is 0 Å². The first kappa shape index (κ1) is 44.3. The van der Waals surface area contributed by atoms with E-state index in [1.54, 1.807) is 0 Å². The highest BCUT2D eigenvalue weighted by atomic mass is 28.4. The number of rotatable bonds is 18. The second kappa shape index (κ2) is 17.0. The first-order chi connectivity index (χ1) is 26.6. The van der Waals surface area contributed by atoms with Gasteiger partial charge in [0.05, 0.1) is 37.7 Å². The second-order valence-corrected chi connectivity index (χ2v) is 37.3. The number of carbonyl (C=O) groups excluding carboxylic acids is 1. The van der Waals surface area contributed by atoms with Crippen molar-refractivity contribution in [1.82, 2.24) is 29.2 Å². The fourth-order valence-electron chi connectivity index (χ4n) is 7.74. The van der Waals surface area contributed by atoms with Crippen molar-refractivity contribution in [3.63, 3.8) is 0 Å². The molecule has 1 aliphatic heterocycles. The Balaban J connectivity index is 1.38. The van der Waals surface area contributed by atoms with Gasteiger partial charge in [-0.3, -0.25) is 14.3 Å². The molecule has 1 saturated carbocycles. The Morgan fingerprint density at radius 1 is 1.00 bits per heavy atom. The van der Waals surface area contributed by atoms with E-state index in [0.29, 0.717) is 57.8 Å². The lowest BCUT2D eigenvalue weighted by Crippen LogP contribution is -2.52. The molecule has 6 rings (SSSR count). The summed E-state index contributed by atoms with van der Waals surface area (Å²) in [5.74, 6) is 1.46. The zero-order valence-corrected chi connectivity index (χ0v) is 40.6. The highest BCUT2D eigenvalue weighted by Crippen LogP contribution is 2.60. The fourth-order valence-corrected chi connectivity index (χ4v) is 10.3. The molecule has 0 unspecified atom stereocenters. The number of aromatic nitrogens is 5. The lowest BCUT2D eigenvalue weighted by Gasteiger charge is -2.38. The van der Waals surface area contributed by atoms with Crippen LogP contribution < -0.4 is 4.90 Å². The van der Waals surface area contributed by atoms with Crippen LogP contribution in [0.25, 0.3) is 22.7 Å². The molecule has 3 aliphatic rings. The van der Waals surface area contributed by atoms with Crippen LogP contribution in [0.5, 0.6) is 0 Å². The maximum atomic E-state index is 14.5. The van der Waals surface area contributed by atoms with E-state index in [9.17, 15) is 4.79 Å². The van der Waals surface area contributed by atoms with Crippen molar-refractivity contribution in [3.05, 3.63) is 23.5 Å². The van der Waals surface area contributed by atoms with Gasteiger partial charge >= 0.3 is 0 Å². The summed E-state index contributed by atoms with van der Waals surface area (Å²) in [4.78, 5) is 29.0. The first-order valence-corrected chi connectivity index (χ1v) is 31.8. The molecule has 3 aromatic rings. The number of imidazole rings is 1. The van der Waals surface area contributed by atoms with Gasteiger partial charge in [-0.1, -0.05) is 67.0 Å². The molecular formula is C42H73N7O5Si3. The zero-order chi connectivity index (χ0) is 41.6. The highest BCUT2D eigenvalue weighted by Gasteiger charge is 2.54. The van der Waals surface area contributed by atoms with Crippen LogP contribution in [0.1, 0.15) is 52.3 Å². The maximum absolute atomic E-state index is 14.5. The molecule has 0 N–H and O–H groups in total. The average molecular weight is 840 g/mol. The van der Waals surface area contributed by atoms with Crippen molar-refractivity contribution in [1.29, 1.82) is 0 Å². The third-order valence-electron chi connectivity index (χ3n) is 13.0. The molecule has 0 bridgehead atoms. The molecule has 2 fully saturated rings. The van der Waals surface area contributed by atoms with E-state index < -0.39 is 24.5 Å². The Labute approximate surface area is 345 Å². The Hall–Kier alpha value is -2.25. The lowest BCUT2D eigenvalue weighted by molar-refractivity contribution is -0.125. The predicted molar refractivity (Wildman–Crippen MR) is 238 cm³/mol. The molecule has 12 nitrogen and oxygen atoms in total. The summed E-state index contributed by atoms with van der Waals surface area (Å²) in [7, 11) is -4.57. The molecule has 57 heavy (non-hydrogen) atoms. The van der Waals surface area contributed by atoms with Crippen LogP contribution in [0.4, 0.5) is 5.69 Å². The van der Waals surface area contributed by atoms with Crippen LogP contribution >= 0.6 is 0 Å². The van der Waals surface area contributed by atoms with Gasteiger partial charge in [0, 0.05) is 60.3 Å². The van der Waals surface area contributed by atoms with Crippen LogP contribution in [0.15, 0.2) is 12.3 Å². The van der Waals surface area contributed by atoms with E-state index in [4.69, 9.17) is 33.7 Å². The van der Waals surface area contributed by atoms with Crippen molar-refractivity contribution in [2.24, 2.45) is 11.3 Å². The Kier molecular flexibility index (Phi) is 13.2. The van der Waals surface area contributed by atoms with Gasteiger partial charge in [-0.25, -0.2) is 14.6 Å². The summed E-state index contributed by atoms with van der Waals surface area (Å²) in [5, 5.41) is 5.36. The van der Waals surface area contributed by atoms with Gasteiger partial charge in [-0.2, -0.15) is 5.10 Å². The number of hydrogen-bond acceptors (Lipinski definition) is 9. The number of anilines is 1. The van der Waals surface area contributed by atoms with Crippen LogP contribution in [-0.2, 0) is 49.7 Å². The second-order valence-electron chi connectivity index (χ2n) is 21.2. The summed E-state index contributed by atoms with van der Waals surface area (Å²) in [6.45, 7) is 35.7. The summed E-state index contributed by atoms with van der Waals surface area (Å²) in [6, 6.07) is 3.90. The zero-order valence-electron chi connectivity index (χ0n) is 37.6. The van der Waals surface area contributed by atoms with E-state index in [1.165, 1.54) is 17.7 Å². The van der Waals surface area contributed by atoms with Crippen LogP contribution in [-0.4, -0.2) is 118 Å². The number of nitrogens with zero attached hydrogens (tertiary/aromatic N) is 7. The van der Waals surface area contributed by atoms with Gasteiger partial charge in [-0.05, 0) is 73.8 Å². The van der Waals surface area contributed by atoms with Gasteiger partial charge < -0.3 is 23.5 Å². The molecular weight excluding hydrogens is 767 g/mol. The minimum atomic E-state index is -2.04. The summed E-state index contributed by atoms with van der Waals surface area (Å²) < 4.78 is 29.2. The number of ether oxygens (including phenoxy) is 3. The standard InChI is InChI=1S/C42H73N7O5Si3/c1-31(46-14-17-51-18-15-46)40(50)47(16-19-54-57(12,13)41(2,3)4)33-25-35-38(43-28-33)48(29-52-20-22-55(6,7)8)39(44-35)37-34-24-32-26-42(32,5)27-36(34)49(45-37)30-53-21-23-56(9,10)11/h25,28,31-32H,14-24,26-27,29-30H2,1-13H3/t31-,32+,42+/m0/s1. The van der Waals surface area contributed by atoms with Crippen molar-refractivity contribution >= 4 is 47.2 Å². The third kappa shape index (κ3) is 10.6. The average Bonchev–Trinajstić information content (AvgIpc) is 3.49. The largest absolute Gasteiger partial charge is 0.415 e. The lowest BCUT2D eigenvalue weighted by atomic mass is 9.87. The van der Waals surface area contributed by atoms with E-state index in [1.807, 2.05) is 24.1 Å². The molecule has 3 atom stereocenters. The molecule has 1 amide bonds. The first-order valence-electron chi connectivity index (χ1n) is 21.4. The molecule has 2 aliphatic carbocycles. The number of fused-ring (bicyclic) bond motifs is 3. The number of pyridine rings is 1. The third-order valence-corrected chi connectivity index (χ3v) is 21.0. The highest BCUT2D eigenvalue weighted by molar-refractivity contribution is 6.76. The number of amides is 1. The van der Waals surface area contributed by atoms with Crippen molar-refractivity contribution in [2.45, 2.75) is 143 Å². The molecule has 1 saturated heterocycles. The van der Waals surface area contributed by atoms with Gasteiger partial charge in [0.25, 0.3) is 0 Å². The topological polar surface area (TPSA) is 109 Å². The molecule has 3 aromatic heterocycles. The van der Waals surface area contributed by atoms with Crippen molar-refractivity contribution < 1.29 is 23.4 Å². The molecule has 318 valence electrons. The van der Waals surface area contributed by atoms with Gasteiger partial charge in [0.1, 0.15) is 24.7 Å². The van der Waals surface area contributed by atoms with Crippen LogP contribution in [0, 0.1) is 11.3 Å². The van der Waals surface area contributed by atoms with Gasteiger partial charge in [-0.15, -0.1) is 0 Å². The van der Waals surface area contributed by atoms with E-state index in [0.717, 1.165) is 73.0 Å². The van der Waals surface area contributed by atoms with Crippen molar-refractivity contribution in [3.8, 4) is 11.5 Å². The molecule has 0 spiro atoms. The molecule has 15 heteroatoms. The summed E-state index contributed by atoms with van der Waals surface area (Å²) in [5.41, 5.74) is 5.96. The maximum Gasteiger partial charge on any atom is 0.244 e. The van der Waals surface area contributed by atoms with Gasteiger partial charge in [0.15, 0.2) is 19.8 Å². The number of hydrogen-bond donors (Lipinski definition) is 0. The normalized spacial score (nSPS) is 21.1. The van der Waals surface area contributed by atoms with E-state index in [2.05, 4.69) is 94.2 Å². The molecule has 0 radical (unpaired) electrons. The van der Waals surface area contributed by atoms with Crippen molar-refractivity contribution in [2.75, 3.05) is 57.6 Å². The minimum absolute atomic E-state index is 0.0284. The Morgan fingerprint density at radius 3 is 2.28 bits per heavy atom. The number of carbonyl (C=O) groups is 1. The Morgan fingerprint density at radius 2 is 1.65 bits per heavy atom.